The molecule has 2 heterocycles. The number of rotatable bonds is 4. The summed E-state index contributed by atoms with van der Waals surface area (Å²) < 4.78 is 1.67. The molecule has 7 nitrogen and oxygen atoms in total. The van der Waals surface area contributed by atoms with Crippen molar-refractivity contribution in [3.63, 3.8) is 0 Å². The molecule has 0 saturated heterocycles. The maximum Gasteiger partial charge on any atom is 0.251 e. The van der Waals surface area contributed by atoms with E-state index in [0.29, 0.717) is 22.2 Å². The highest BCUT2D eigenvalue weighted by Crippen LogP contribution is 2.28. The first-order chi connectivity index (χ1) is 13.5. The Kier molecular flexibility index (Phi) is 4.58. The van der Waals surface area contributed by atoms with Gasteiger partial charge >= 0.3 is 0 Å². The molecule has 4 rings (SSSR count). The van der Waals surface area contributed by atoms with E-state index < -0.39 is 0 Å². The zero-order valence-corrected chi connectivity index (χ0v) is 15.6. The number of carbonyl (C=O) groups is 1. The maximum absolute atomic E-state index is 11.6. The number of phenols is 1. The van der Waals surface area contributed by atoms with Crippen molar-refractivity contribution in [1.29, 1.82) is 0 Å². The topological polar surface area (TPSA) is 91.5 Å². The van der Waals surface area contributed by atoms with Crippen LogP contribution in [0, 0.1) is 0 Å². The first-order valence-electron chi connectivity index (χ1n) is 8.48. The van der Waals surface area contributed by atoms with E-state index in [9.17, 15) is 9.90 Å². The van der Waals surface area contributed by atoms with Gasteiger partial charge in [0.05, 0.1) is 5.69 Å². The highest BCUT2D eigenvalue weighted by atomic mass is 35.5. The zero-order chi connectivity index (χ0) is 19.7. The molecule has 0 bridgehead atoms. The highest BCUT2D eigenvalue weighted by Gasteiger charge is 2.11. The number of amides is 1. The Balaban J connectivity index is 1.68. The van der Waals surface area contributed by atoms with Crippen LogP contribution in [0.3, 0.4) is 0 Å². The molecular weight excluding hydrogens is 378 g/mol. The number of nitrogens with one attached hydrogen (secondary N) is 2. The Morgan fingerprint density at radius 3 is 2.61 bits per heavy atom. The third-order valence-corrected chi connectivity index (χ3v) is 4.39. The lowest BCUT2D eigenvalue weighted by Gasteiger charge is -2.05. The molecule has 0 spiro atoms. The van der Waals surface area contributed by atoms with Crippen molar-refractivity contribution in [3.8, 4) is 17.0 Å². The van der Waals surface area contributed by atoms with Crippen LogP contribution in [0.2, 0.25) is 5.02 Å². The van der Waals surface area contributed by atoms with Gasteiger partial charge in [0, 0.05) is 28.9 Å². The molecule has 0 fully saturated rings. The Morgan fingerprint density at radius 2 is 1.89 bits per heavy atom. The number of fused-ring (bicyclic) bond motifs is 1. The van der Waals surface area contributed by atoms with Gasteiger partial charge in [0.15, 0.2) is 5.65 Å². The molecule has 4 aromatic rings. The van der Waals surface area contributed by atoms with Gasteiger partial charge in [-0.05, 0) is 54.6 Å². The molecule has 0 aliphatic heterocycles. The van der Waals surface area contributed by atoms with E-state index in [4.69, 9.17) is 11.6 Å². The van der Waals surface area contributed by atoms with Gasteiger partial charge in [0.1, 0.15) is 5.75 Å². The minimum Gasteiger partial charge on any atom is -0.508 e. The Hall–Kier alpha value is -3.58. The van der Waals surface area contributed by atoms with Gasteiger partial charge in [-0.25, -0.2) is 4.52 Å². The van der Waals surface area contributed by atoms with Crippen molar-refractivity contribution in [2.24, 2.45) is 0 Å². The summed E-state index contributed by atoms with van der Waals surface area (Å²) in [5, 5.41) is 20.5. The van der Waals surface area contributed by atoms with E-state index in [2.05, 4.69) is 20.7 Å². The number of phenolic OH excluding ortho intramolecular Hbond substituents is 1. The van der Waals surface area contributed by atoms with Crippen molar-refractivity contribution in [3.05, 3.63) is 71.2 Å². The molecule has 2 aromatic heterocycles. The number of aromatic nitrogens is 3. The normalized spacial score (nSPS) is 10.8. The van der Waals surface area contributed by atoms with E-state index >= 15 is 0 Å². The van der Waals surface area contributed by atoms with Crippen LogP contribution in [0.5, 0.6) is 5.75 Å². The third kappa shape index (κ3) is 3.47. The molecule has 0 aliphatic rings. The molecule has 0 unspecified atom stereocenters. The Bertz CT molecular complexity index is 1150. The van der Waals surface area contributed by atoms with Crippen LogP contribution in [-0.2, 0) is 0 Å². The van der Waals surface area contributed by atoms with E-state index in [-0.39, 0.29) is 11.7 Å². The minimum atomic E-state index is -0.146. The zero-order valence-electron chi connectivity index (χ0n) is 14.8. The molecule has 8 heteroatoms. The quantitative estimate of drug-likeness (QED) is 0.489. The van der Waals surface area contributed by atoms with Crippen LogP contribution in [0.1, 0.15) is 10.4 Å². The van der Waals surface area contributed by atoms with E-state index in [0.717, 1.165) is 16.9 Å². The van der Waals surface area contributed by atoms with Gasteiger partial charge in [0.25, 0.3) is 5.91 Å². The SMILES string of the molecule is CNC(=O)c1ccc(Nc2nc3cccc(-c4cc(O)cc(Cl)c4)n3n2)cc1. The first-order valence-corrected chi connectivity index (χ1v) is 8.86. The average Bonchev–Trinajstić information content (AvgIpc) is 3.09. The second kappa shape index (κ2) is 7.21. The minimum absolute atomic E-state index is 0.0779. The second-order valence-corrected chi connectivity index (χ2v) is 6.53. The summed E-state index contributed by atoms with van der Waals surface area (Å²) in [6, 6.07) is 17.4. The van der Waals surface area contributed by atoms with Crippen LogP contribution < -0.4 is 10.6 Å². The summed E-state index contributed by atoms with van der Waals surface area (Å²) in [4.78, 5) is 16.1. The lowest BCUT2D eigenvalue weighted by molar-refractivity contribution is 0.0963. The molecule has 0 atom stereocenters. The predicted octanol–water partition coefficient (Wildman–Crippen LogP) is 3.86. The van der Waals surface area contributed by atoms with Gasteiger partial charge in [-0.2, -0.15) is 4.98 Å². The van der Waals surface area contributed by atoms with Crippen LogP contribution >= 0.6 is 11.6 Å². The van der Waals surface area contributed by atoms with Crippen molar-refractivity contribution in [2.45, 2.75) is 0 Å². The van der Waals surface area contributed by atoms with Crippen molar-refractivity contribution < 1.29 is 9.90 Å². The molecular formula is C20H16ClN5O2. The molecule has 2 aromatic carbocycles. The summed E-state index contributed by atoms with van der Waals surface area (Å²) >= 11 is 6.06. The number of aromatic hydroxyl groups is 1. The molecule has 1 amide bonds. The molecule has 0 radical (unpaired) electrons. The van der Waals surface area contributed by atoms with Crippen LogP contribution in [0.4, 0.5) is 11.6 Å². The number of hydrogen-bond acceptors (Lipinski definition) is 5. The van der Waals surface area contributed by atoms with E-state index in [1.807, 2.05) is 18.2 Å². The maximum atomic E-state index is 11.6. The number of benzene rings is 2. The molecule has 3 N–H and O–H groups in total. The van der Waals surface area contributed by atoms with Crippen molar-refractivity contribution >= 4 is 34.8 Å². The summed E-state index contributed by atoms with van der Waals surface area (Å²) in [5.41, 5.74) is 3.43. The Morgan fingerprint density at radius 1 is 1.11 bits per heavy atom. The average molecular weight is 394 g/mol. The Labute approximate surface area is 165 Å². The summed E-state index contributed by atoms with van der Waals surface area (Å²) in [6.07, 6.45) is 0. The van der Waals surface area contributed by atoms with Crippen molar-refractivity contribution in [1.82, 2.24) is 19.9 Å². The number of halogens is 1. The number of nitrogens with zero attached hydrogens (tertiary/aromatic N) is 3. The summed E-state index contributed by atoms with van der Waals surface area (Å²) in [5.74, 6) is 0.340. The number of pyridine rings is 1. The van der Waals surface area contributed by atoms with Crippen LogP contribution in [-0.4, -0.2) is 32.7 Å². The fourth-order valence-electron chi connectivity index (χ4n) is 2.88. The summed E-state index contributed by atoms with van der Waals surface area (Å²) in [6.45, 7) is 0. The third-order valence-electron chi connectivity index (χ3n) is 4.17. The monoisotopic (exact) mass is 393 g/mol. The number of anilines is 2. The lowest BCUT2D eigenvalue weighted by atomic mass is 10.1. The molecule has 0 aliphatic carbocycles. The summed E-state index contributed by atoms with van der Waals surface area (Å²) in [7, 11) is 1.59. The van der Waals surface area contributed by atoms with Crippen molar-refractivity contribution in [2.75, 3.05) is 12.4 Å². The number of carbonyl (C=O) groups excluding carboxylic acids is 1. The van der Waals surface area contributed by atoms with Gasteiger partial charge in [-0.15, -0.1) is 5.10 Å². The second-order valence-electron chi connectivity index (χ2n) is 6.10. The largest absolute Gasteiger partial charge is 0.508 e. The molecule has 28 heavy (non-hydrogen) atoms. The first kappa shape index (κ1) is 17.8. The lowest BCUT2D eigenvalue weighted by Crippen LogP contribution is -2.17. The van der Waals surface area contributed by atoms with Gasteiger partial charge in [-0.3, -0.25) is 4.79 Å². The smallest absolute Gasteiger partial charge is 0.251 e. The molecule has 140 valence electrons. The highest BCUT2D eigenvalue weighted by molar-refractivity contribution is 6.31. The fraction of sp³-hybridized carbons (Fsp3) is 0.0500. The van der Waals surface area contributed by atoms with Gasteiger partial charge < -0.3 is 15.7 Å². The van der Waals surface area contributed by atoms with Crippen LogP contribution in [0.25, 0.3) is 16.9 Å². The standard InChI is InChI=1S/C20H16ClN5O2/c1-22-19(28)12-5-7-15(8-6-12)23-20-24-18-4-2-3-17(26(18)25-20)13-9-14(21)11-16(27)10-13/h2-11,27H,1H3,(H,22,28)(H,23,25). The van der Waals surface area contributed by atoms with Gasteiger partial charge in [-0.1, -0.05) is 17.7 Å². The molecule has 0 saturated carbocycles. The van der Waals surface area contributed by atoms with E-state index in [1.165, 1.54) is 6.07 Å². The fourth-order valence-corrected chi connectivity index (χ4v) is 3.11. The predicted molar refractivity (Wildman–Crippen MR) is 108 cm³/mol. The number of hydrogen-bond donors (Lipinski definition) is 3. The van der Waals surface area contributed by atoms with Gasteiger partial charge in [0.2, 0.25) is 5.95 Å². The van der Waals surface area contributed by atoms with E-state index in [1.54, 1.807) is 48.0 Å². The van der Waals surface area contributed by atoms with Crippen LogP contribution in [0.15, 0.2) is 60.7 Å².